The van der Waals surface area contributed by atoms with E-state index in [-0.39, 0.29) is 74.2 Å². The topological polar surface area (TPSA) is 241 Å². The molecule has 0 saturated carbocycles. The maximum absolute atomic E-state index is 8.52. The quantitative estimate of drug-likeness (QED) is 0.195. The van der Waals surface area contributed by atoms with Crippen LogP contribution in [0.2, 0.25) is 0 Å². The Hall–Kier alpha value is 2.09. The van der Waals surface area contributed by atoms with E-state index in [1.807, 2.05) is 0 Å². The van der Waals surface area contributed by atoms with Crippen molar-refractivity contribution in [2.45, 2.75) is 0 Å². The van der Waals surface area contributed by atoms with Crippen molar-refractivity contribution in [3.05, 3.63) is 0 Å². The summed E-state index contributed by atoms with van der Waals surface area (Å²) in [7, 11) is -15.5. The molecule has 0 fully saturated rings. The molecule has 0 unspecified atom stereocenters. The molecule has 17 heavy (non-hydrogen) atoms. The first-order valence-electron chi connectivity index (χ1n) is 2.00. The van der Waals surface area contributed by atoms with Crippen LogP contribution in [-0.2, 0) is 31.2 Å². The Morgan fingerprint density at radius 2 is 0.471 bits per heavy atom. The van der Waals surface area contributed by atoms with Crippen LogP contribution in [0.1, 0.15) is 0 Å². The largest absolute Gasteiger partial charge is 3.00 e. The molecule has 0 amide bonds. The molecule has 0 aliphatic heterocycles. The first-order valence-corrected chi connectivity index (χ1v) is 6.00. The third-order valence-electron chi connectivity index (χ3n) is 0. The number of rotatable bonds is 0. The predicted octanol–water partition coefficient (Wildman–Crippen LogP) is -4.01. The van der Waals surface area contributed by atoms with Gasteiger partial charge in [0.05, 0.1) is 0 Å². The second kappa shape index (κ2) is 13.1. The van der Waals surface area contributed by atoms with Gasteiger partial charge in [-0.05, 0) is 0 Å². The van der Waals surface area contributed by atoms with E-state index in [4.69, 9.17) is 52.6 Å². The number of hydrogen-bond acceptors (Lipinski definition) is 12. The minimum absolute atomic E-state index is 0. The SMILES string of the molecule is O=S(=O)([O-])[O-].O=S(=O)([O-])[O-].O=S(=O)([O-])[O-].[La+3].[Tb+3]. The van der Waals surface area contributed by atoms with Crippen LogP contribution in [0.15, 0.2) is 0 Å². The standard InChI is InChI=1S/La.3H2O4S.Tb/c;3*1-5(2,3)4;/h;3*(H2,1,2,3,4);/q+3;;;;+3/p-6. The van der Waals surface area contributed by atoms with E-state index in [2.05, 4.69) is 0 Å². The summed E-state index contributed by atoms with van der Waals surface area (Å²) in [6, 6.07) is 0. The van der Waals surface area contributed by atoms with Gasteiger partial charge in [-0.2, -0.15) is 0 Å². The van der Waals surface area contributed by atoms with Crippen LogP contribution in [-0.4, -0.2) is 52.6 Å². The Morgan fingerprint density at radius 1 is 0.471 bits per heavy atom. The van der Waals surface area contributed by atoms with Crippen LogP contribution in [0.5, 0.6) is 0 Å². The van der Waals surface area contributed by atoms with Crippen molar-refractivity contribution in [1.29, 1.82) is 0 Å². The smallest absolute Gasteiger partial charge is 0.759 e. The van der Waals surface area contributed by atoms with E-state index >= 15 is 0 Å². The molecule has 0 spiro atoms. The molecule has 0 radical (unpaired) electrons. The van der Waals surface area contributed by atoms with Gasteiger partial charge in [0.25, 0.3) is 0 Å². The van der Waals surface area contributed by atoms with E-state index in [1.165, 1.54) is 0 Å². The summed E-state index contributed by atoms with van der Waals surface area (Å²) in [6.07, 6.45) is 0. The van der Waals surface area contributed by atoms with Gasteiger partial charge in [0.1, 0.15) is 0 Å². The molecule has 0 saturated heterocycles. The van der Waals surface area contributed by atoms with E-state index in [0.29, 0.717) is 0 Å². The molecule has 0 aromatic heterocycles. The van der Waals surface area contributed by atoms with Crippen molar-refractivity contribution in [2.75, 3.05) is 0 Å². The van der Waals surface area contributed by atoms with Gasteiger partial charge in [0.2, 0.25) is 0 Å². The van der Waals surface area contributed by atoms with Crippen molar-refractivity contribution in [3.63, 3.8) is 0 Å². The monoisotopic (exact) mass is 586 g/mol. The van der Waals surface area contributed by atoms with E-state index in [0.717, 1.165) is 0 Å². The maximum Gasteiger partial charge on any atom is 3.00 e. The molecule has 0 N–H and O–H groups in total. The number of hydrogen-bond donors (Lipinski definition) is 0. The van der Waals surface area contributed by atoms with Gasteiger partial charge in [-0.1, -0.05) is 0 Å². The van der Waals surface area contributed by atoms with Crippen molar-refractivity contribution in [1.82, 2.24) is 0 Å². The molecular formula is LaO12S3Tb. The summed E-state index contributed by atoms with van der Waals surface area (Å²) in [5.41, 5.74) is 0. The Labute approximate surface area is 155 Å². The van der Waals surface area contributed by atoms with Gasteiger partial charge >= 0.3 is 74.2 Å². The fraction of sp³-hybridized carbons (Fsp3) is 0. The molecule has 17 heteroatoms. The average Bonchev–Trinajstić information content (AvgIpc) is 1.41. The summed E-state index contributed by atoms with van der Waals surface area (Å²) in [6.45, 7) is 0. The Balaban J connectivity index is -0.0000000400. The molecular weight excluding hydrogens is 586 g/mol. The van der Waals surface area contributed by atoms with E-state index < -0.39 is 31.2 Å². The molecule has 0 aromatic carbocycles. The van der Waals surface area contributed by atoms with Crippen LogP contribution in [0.25, 0.3) is 0 Å². The molecule has 0 heterocycles. The molecule has 0 aliphatic rings. The molecule has 102 valence electrons. The molecule has 0 aromatic rings. The second-order valence-electron chi connectivity index (χ2n) is 1.22. The summed E-state index contributed by atoms with van der Waals surface area (Å²) in [4.78, 5) is 0. The Morgan fingerprint density at radius 3 is 0.471 bits per heavy atom. The van der Waals surface area contributed by atoms with E-state index in [9.17, 15) is 0 Å². The Kier molecular flexibility index (Phi) is 24.2. The zero-order valence-corrected chi connectivity index (χ0v) is 15.2. The summed E-state index contributed by atoms with van der Waals surface area (Å²) in [5.74, 6) is 0. The third kappa shape index (κ3) is 1070. The van der Waals surface area contributed by atoms with Crippen molar-refractivity contribution < 1.29 is 127 Å². The molecule has 0 atom stereocenters. The average molecular weight is 586 g/mol. The van der Waals surface area contributed by atoms with Crippen LogP contribution < -0.4 is 0 Å². The van der Waals surface area contributed by atoms with Gasteiger partial charge in [0, 0.05) is 31.2 Å². The summed E-state index contributed by atoms with van der Waals surface area (Å²) < 4.78 is 102. The van der Waals surface area contributed by atoms with Gasteiger partial charge in [0.15, 0.2) is 0 Å². The summed E-state index contributed by atoms with van der Waals surface area (Å²) in [5, 5.41) is 0. The van der Waals surface area contributed by atoms with Crippen LogP contribution in [0.4, 0.5) is 0 Å². The minimum Gasteiger partial charge on any atom is -0.759 e. The third-order valence-corrected chi connectivity index (χ3v) is 0. The van der Waals surface area contributed by atoms with Crippen LogP contribution >= 0.6 is 0 Å². The molecule has 0 bridgehead atoms. The van der Waals surface area contributed by atoms with Crippen LogP contribution in [0.3, 0.4) is 0 Å². The van der Waals surface area contributed by atoms with E-state index in [1.54, 1.807) is 0 Å². The zero-order chi connectivity index (χ0) is 13.5. The van der Waals surface area contributed by atoms with Gasteiger partial charge in [-0.15, -0.1) is 0 Å². The normalized spacial score (nSPS) is 10.2. The minimum atomic E-state index is -5.17. The second-order valence-corrected chi connectivity index (χ2v) is 3.67. The fourth-order valence-electron chi connectivity index (χ4n) is 0. The molecule has 12 nitrogen and oxygen atoms in total. The van der Waals surface area contributed by atoms with Gasteiger partial charge < -0.3 is 27.3 Å². The maximum atomic E-state index is 8.52. The van der Waals surface area contributed by atoms with Crippen LogP contribution in [0, 0.1) is 74.2 Å². The van der Waals surface area contributed by atoms with Gasteiger partial charge in [-0.25, -0.2) is 0 Å². The van der Waals surface area contributed by atoms with Gasteiger partial charge in [-0.3, -0.25) is 25.3 Å². The van der Waals surface area contributed by atoms with Crippen molar-refractivity contribution in [3.8, 4) is 0 Å². The fourth-order valence-corrected chi connectivity index (χ4v) is 0. The molecule has 0 rings (SSSR count). The summed E-state index contributed by atoms with van der Waals surface area (Å²) >= 11 is 0. The predicted molar refractivity (Wildman–Crippen MR) is 31.4 cm³/mol. The Bertz CT molecular complexity index is 343. The molecule has 0 aliphatic carbocycles. The van der Waals surface area contributed by atoms with Crippen molar-refractivity contribution in [2.24, 2.45) is 0 Å². The first kappa shape index (κ1) is 31.5. The zero-order valence-electron chi connectivity index (χ0n) is 7.03. The first-order chi connectivity index (χ1) is 6.00. The van der Waals surface area contributed by atoms with Crippen molar-refractivity contribution >= 4 is 31.2 Å².